The molecular formula is C76H70N2OSi. The maximum atomic E-state index is 6.31. The lowest BCUT2D eigenvalue weighted by Crippen LogP contribution is -2.31. The Morgan fingerprint density at radius 1 is 0.500 bits per heavy atom. The van der Waals surface area contributed by atoms with Gasteiger partial charge >= 0.3 is 0 Å². The number of anilines is 3. The number of para-hydroxylation sites is 1. The molecule has 0 fully saturated rings. The van der Waals surface area contributed by atoms with Crippen LogP contribution in [0.15, 0.2) is 250 Å². The van der Waals surface area contributed by atoms with Gasteiger partial charge in [-0.2, -0.15) is 0 Å². The van der Waals surface area contributed by atoms with Gasteiger partial charge in [0, 0.05) is 38.9 Å². The Labute approximate surface area is 474 Å². The highest BCUT2D eigenvalue weighted by atomic mass is 28.3. The number of hydrogen-bond acceptors (Lipinski definition) is 2. The number of aromatic nitrogens is 1. The van der Waals surface area contributed by atoms with Gasteiger partial charge in [0.25, 0.3) is 0 Å². The molecule has 0 spiro atoms. The maximum absolute atomic E-state index is 6.31. The van der Waals surface area contributed by atoms with Crippen LogP contribution in [0, 0.1) is 0 Å². The van der Waals surface area contributed by atoms with Crippen LogP contribution in [0.3, 0.4) is 0 Å². The molecule has 4 heteroatoms. The van der Waals surface area contributed by atoms with Gasteiger partial charge in [-0.3, -0.25) is 0 Å². The summed E-state index contributed by atoms with van der Waals surface area (Å²) in [5, 5.41) is 2.45. The lowest BCUT2D eigenvalue weighted by molar-refractivity contribution is 0.338. The summed E-state index contributed by atoms with van der Waals surface area (Å²) in [6.45, 7) is 20.5. The summed E-state index contributed by atoms with van der Waals surface area (Å²) in [4.78, 5) is 2.44. The Balaban J connectivity index is 0.900. The van der Waals surface area contributed by atoms with E-state index < -0.39 is 8.07 Å². The molecule has 394 valence electrons. The molecule has 1 aliphatic carbocycles. The van der Waals surface area contributed by atoms with Crippen molar-refractivity contribution in [2.45, 2.75) is 69.6 Å². The number of ether oxygens (including phenoxy) is 1. The van der Waals surface area contributed by atoms with Gasteiger partial charge in [0.2, 0.25) is 0 Å². The summed E-state index contributed by atoms with van der Waals surface area (Å²) < 4.78 is 8.71. The number of benzene rings is 10. The van der Waals surface area contributed by atoms with Crippen molar-refractivity contribution in [3.63, 3.8) is 0 Å². The van der Waals surface area contributed by atoms with Crippen LogP contribution in [0.2, 0.25) is 25.2 Å². The first-order chi connectivity index (χ1) is 38.9. The highest BCUT2D eigenvalue weighted by molar-refractivity contribution is 6.77. The van der Waals surface area contributed by atoms with Crippen molar-refractivity contribution in [3.05, 3.63) is 283 Å². The van der Waals surface area contributed by atoms with Crippen molar-refractivity contribution >= 4 is 59.1 Å². The summed E-state index contributed by atoms with van der Waals surface area (Å²) in [5.41, 5.74) is 21.7. The Morgan fingerprint density at radius 3 is 1.64 bits per heavy atom. The van der Waals surface area contributed by atoms with Gasteiger partial charge in [0.05, 0.1) is 25.7 Å². The van der Waals surface area contributed by atoms with E-state index in [9.17, 15) is 0 Å². The molecule has 0 saturated heterocycles. The molecule has 0 radical (unpaired) electrons. The minimum atomic E-state index is -1.63. The summed E-state index contributed by atoms with van der Waals surface area (Å²) >= 11 is 0. The van der Waals surface area contributed by atoms with E-state index in [1.165, 1.54) is 83.5 Å². The summed E-state index contributed by atoms with van der Waals surface area (Å²) in [5.74, 6) is 0.927. The van der Waals surface area contributed by atoms with Gasteiger partial charge in [-0.15, -0.1) is 0 Å². The molecular weight excluding hydrogens is 985 g/mol. The lowest BCUT2D eigenvalue weighted by atomic mass is 9.69. The first-order valence-electron chi connectivity index (χ1n) is 28.4. The van der Waals surface area contributed by atoms with Gasteiger partial charge in [-0.05, 0) is 170 Å². The fraction of sp³-hybridized carbons (Fsp3) is 0.158. The van der Waals surface area contributed by atoms with Crippen LogP contribution < -0.4 is 9.64 Å². The van der Waals surface area contributed by atoms with Crippen LogP contribution in [0.4, 0.5) is 17.1 Å². The van der Waals surface area contributed by atoms with Crippen LogP contribution in [0.1, 0.15) is 67.0 Å². The van der Waals surface area contributed by atoms with E-state index in [1.54, 1.807) is 0 Å². The second-order valence-electron chi connectivity index (χ2n) is 23.6. The molecule has 1 heterocycles. The second kappa shape index (κ2) is 21.5. The SMILES string of the molecule is C=Cc1ccc(OCC[Si](C)(C)CCCC2(c3ccccc3)c3ccccc3-c3ccc(N(c4ccccc4)c4ccc(-c5ccc6c(c5)c5cc(-c7ccc(C(C)(C)C)cc7)ccc5n6-c5ccc(C=C)cc5)cc4)cc32)cc1. The second-order valence-corrected chi connectivity index (χ2v) is 28.9. The van der Waals surface area contributed by atoms with E-state index in [4.69, 9.17) is 4.74 Å². The number of rotatable bonds is 17. The molecule has 10 aromatic carbocycles. The summed E-state index contributed by atoms with van der Waals surface area (Å²) in [7, 11) is -1.63. The molecule has 80 heavy (non-hydrogen) atoms. The van der Waals surface area contributed by atoms with Crippen molar-refractivity contribution < 1.29 is 4.74 Å². The zero-order valence-electron chi connectivity index (χ0n) is 46.9. The van der Waals surface area contributed by atoms with Gasteiger partial charge in [-0.1, -0.05) is 223 Å². The molecule has 0 amide bonds. The molecule has 11 aromatic rings. The smallest absolute Gasteiger partial charge is 0.119 e. The van der Waals surface area contributed by atoms with Crippen molar-refractivity contribution in [1.82, 2.24) is 4.57 Å². The van der Waals surface area contributed by atoms with E-state index in [1.807, 2.05) is 12.2 Å². The molecule has 12 rings (SSSR count). The van der Waals surface area contributed by atoms with E-state index >= 15 is 0 Å². The van der Waals surface area contributed by atoms with E-state index in [0.717, 1.165) is 65.1 Å². The van der Waals surface area contributed by atoms with Gasteiger partial charge in [0.15, 0.2) is 0 Å². The summed E-state index contributed by atoms with van der Waals surface area (Å²) in [6.07, 6.45) is 5.91. The van der Waals surface area contributed by atoms with Crippen molar-refractivity contribution in [1.29, 1.82) is 0 Å². The minimum Gasteiger partial charge on any atom is -0.494 e. The number of hydrogen-bond donors (Lipinski definition) is 0. The fourth-order valence-corrected chi connectivity index (χ4v) is 14.5. The molecule has 1 unspecified atom stereocenters. The molecule has 1 atom stereocenters. The van der Waals surface area contributed by atoms with Gasteiger partial charge in [-0.25, -0.2) is 0 Å². The van der Waals surface area contributed by atoms with E-state index in [2.05, 4.69) is 293 Å². The Hall–Kier alpha value is -8.70. The topological polar surface area (TPSA) is 17.4 Å². The normalized spacial score (nSPS) is 14.0. The molecule has 1 aliphatic rings. The molecule has 1 aromatic heterocycles. The number of fused-ring (bicyclic) bond motifs is 6. The van der Waals surface area contributed by atoms with Crippen LogP contribution in [-0.4, -0.2) is 19.2 Å². The Kier molecular flexibility index (Phi) is 14.0. The quantitative estimate of drug-likeness (QED) is 0.0846. The zero-order valence-corrected chi connectivity index (χ0v) is 47.9. The lowest BCUT2D eigenvalue weighted by Gasteiger charge is -2.35. The average Bonchev–Trinajstić information content (AvgIpc) is 4.21. The zero-order chi connectivity index (χ0) is 55.0. The first kappa shape index (κ1) is 52.0. The maximum Gasteiger partial charge on any atom is 0.119 e. The van der Waals surface area contributed by atoms with Crippen molar-refractivity contribution in [3.8, 4) is 44.8 Å². The van der Waals surface area contributed by atoms with E-state index in [-0.39, 0.29) is 10.8 Å². The first-order valence-corrected chi connectivity index (χ1v) is 31.9. The summed E-state index contributed by atoms with van der Waals surface area (Å²) in [6, 6.07) is 90.1. The van der Waals surface area contributed by atoms with Crippen LogP contribution in [0.5, 0.6) is 5.75 Å². The molecule has 0 saturated carbocycles. The van der Waals surface area contributed by atoms with Crippen LogP contribution in [0.25, 0.3) is 73.0 Å². The third kappa shape index (κ3) is 9.94. The fourth-order valence-electron chi connectivity index (χ4n) is 12.5. The average molecular weight is 1060 g/mol. The number of nitrogens with zero attached hydrogens (tertiary/aromatic N) is 2. The monoisotopic (exact) mass is 1050 g/mol. The van der Waals surface area contributed by atoms with Crippen LogP contribution in [-0.2, 0) is 10.8 Å². The van der Waals surface area contributed by atoms with Crippen molar-refractivity contribution in [2.24, 2.45) is 0 Å². The highest BCUT2D eigenvalue weighted by Gasteiger charge is 2.45. The predicted molar refractivity (Wildman–Crippen MR) is 345 cm³/mol. The van der Waals surface area contributed by atoms with Crippen molar-refractivity contribution in [2.75, 3.05) is 11.5 Å². The van der Waals surface area contributed by atoms with Gasteiger partial charge < -0.3 is 14.2 Å². The molecule has 0 N–H and O–H groups in total. The third-order valence-electron chi connectivity index (χ3n) is 16.9. The van der Waals surface area contributed by atoms with Crippen LogP contribution >= 0.6 is 0 Å². The largest absolute Gasteiger partial charge is 0.494 e. The standard InChI is InChI=1S/C76H70N2OSi/c1-8-54-25-37-64(38-26-54)78-73-45-33-58(56-29-35-60(36-30-56)75(3,4)5)51-69(73)70-52-59(34-46-74(70)78)57-31-39-63(40-32-57)77(62-21-14-11-15-22-62)65-41-44-68-67-23-16-17-24-71(67)76(72(68)53-65,61-19-12-10-13-20-61)47-18-49-80(6,7)50-48-79-66-42-27-55(9-2)28-43-66/h8-17,19-46,51-53H,1-2,18,47-50H2,3-7H3. The highest BCUT2D eigenvalue weighted by Crippen LogP contribution is 2.57. The Morgan fingerprint density at radius 2 is 1.02 bits per heavy atom. The molecule has 3 nitrogen and oxygen atoms in total. The Bertz CT molecular complexity index is 4020. The minimum absolute atomic E-state index is 0.0902. The third-order valence-corrected chi connectivity index (χ3v) is 20.2. The molecule has 0 bridgehead atoms. The molecule has 0 aliphatic heterocycles. The predicted octanol–water partition coefficient (Wildman–Crippen LogP) is 21.1. The van der Waals surface area contributed by atoms with Gasteiger partial charge in [0.1, 0.15) is 5.75 Å². The van der Waals surface area contributed by atoms with E-state index in [0.29, 0.717) is 0 Å².